The predicted octanol–water partition coefficient (Wildman–Crippen LogP) is 8.99. The lowest BCUT2D eigenvalue weighted by Gasteiger charge is -2.64. The smallest absolute Gasteiger partial charge is 0.0545 e. The normalized spacial score (nSPS) is 48.0. The zero-order chi connectivity index (χ0) is 22.0. The molecule has 4 aliphatic carbocycles. The Hall–Kier alpha value is -0.0400. The fourth-order valence-electron chi connectivity index (χ4n) is 9.13. The Bertz CT molecular complexity index is 499. The summed E-state index contributed by atoms with van der Waals surface area (Å²) >= 11 is 0. The van der Waals surface area contributed by atoms with Crippen molar-refractivity contribution in [2.24, 2.45) is 52.3 Å². The van der Waals surface area contributed by atoms with Gasteiger partial charge in [0.05, 0.1) is 6.10 Å². The maximum absolute atomic E-state index is 10.5. The summed E-state index contributed by atoms with van der Waals surface area (Å²) in [6.07, 6.45) is 12.7. The summed E-state index contributed by atoms with van der Waals surface area (Å²) in [6, 6.07) is 0. The molecule has 0 heterocycles. The van der Waals surface area contributed by atoms with Gasteiger partial charge in [0.1, 0.15) is 0 Å². The molecular formula is C29H58O. The van der Waals surface area contributed by atoms with Crippen LogP contribution in [0.25, 0.3) is 0 Å². The van der Waals surface area contributed by atoms with Gasteiger partial charge < -0.3 is 5.11 Å². The molecule has 0 radical (unpaired) electrons. The van der Waals surface area contributed by atoms with Crippen LogP contribution in [0.3, 0.4) is 0 Å². The van der Waals surface area contributed by atoms with Gasteiger partial charge in [-0.1, -0.05) is 75.7 Å². The van der Waals surface area contributed by atoms with Crippen LogP contribution in [0.1, 0.15) is 128 Å². The first-order chi connectivity index (χ1) is 13.8. The van der Waals surface area contributed by atoms with Crippen molar-refractivity contribution in [3.63, 3.8) is 0 Å². The molecule has 0 amide bonds. The zero-order valence-corrected chi connectivity index (χ0v) is 21.4. The average Bonchev–Trinajstić information content (AvgIpc) is 2.69. The minimum absolute atomic E-state index is 0. The molecule has 0 aromatic rings. The highest BCUT2D eigenvalue weighted by Gasteiger charge is 2.59. The third kappa shape index (κ3) is 4.82. The monoisotopic (exact) mass is 422 g/mol. The molecule has 4 rings (SSSR count). The lowest BCUT2D eigenvalue weighted by Crippen LogP contribution is -2.58. The molecule has 4 aliphatic rings. The van der Waals surface area contributed by atoms with Crippen LogP contribution in [-0.2, 0) is 0 Å². The van der Waals surface area contributed by atoms with E-state index in [4.69, 9.17) is 0 Å². The Morgan fingerprint density at radius 1 is 0.800 bits per heavy atom. The lowest BCUT2D eigenvalue weighted by atomic mass is 9.41. The van der Waals surface area contributed by atoms with Crippen molar-refractivity contribution in [2.45, 2.75) is 134 Å². The average molecular weight is 423 g/mol. The summed E-state index contributed by atoms with van der Waals surface area (Å²) in [5, 5.41) is 10.5. The summed E-state index contributed by atoms with van der Waals surface area (Å²) in [5.74, 6) is 6.13. The highest BCUT2D eigenvalue weighted by Crippen LogP contribution is 2.67. The van der Waals surface area contributed by atoms with E-state index < -0.39 is 0 Å². The zero-order valence-electron chi connectivity index (χ0n) is 21.4. The number of aliphatic hydroxyl groups is 1. The number of rotatable bonds is 1. The van der Waals surface area contributed by atoms with Crippen LogP contribution in [0, 0.1) is 52.3 Å². The highest BCUT2D eigenvalue weighted by atomic mass is 16.3. The van der Waals surface area contributed by atoms with E-state index in [1.165, 1.54) is 57.8 Å². The molecule has 1 N–H and O–H groups in total. The van der Waals surface area contributed by atoms with Gasteiger partial charge in [-0.05, 0) is 104 Å². The summed E-state index contributed by atoms with van der Waals surface area (Å²) in [6.45, 7) is 20.3. The first kappa shape index (κ1) is 28.0. The molecule has 0 bridgehead atoms. The second-order valence-electron chi connectivity index (χ2n) is 11.5. The van der Waals surface area contributed by atoms with Gasteiger partial charge in [0.25, 0.3) is 0 Å². The van der Waals surface area contributed by atoms with Gasteiger partial charge in [-0.15, -0.1) is 0 Å². The summed E-state index contributed by atoms with van der Waals surface area (Å²) in [5.41, 5.74) is 1.02. The Morgan fingerprint density at radius 2 is 1.40 bits per heavy atom. The van der Waals surface area contributed by atoms with E-state index in [2.05, 4.69) is 34.6 Å². The van der Waals surface area contributed by atoms with Crippen LogP contribution in [0.2, 0.25) is 0 Å². The number of aliphatic hydroxyl groups excluding tert-OH is 1. The van der Waals surface area contributed by atoms with Crippen molar-refractivity contribution in [1.82, 2.24) is 0 Å². The van der Waals surface area contributed by atoms with Crippen LogP contribution < -0.4 is 0 Å². The van der Waals surface area contributed by atoms with Gasteiger partial charge in [0.2, 0.25) is 0 Å². The van der Waals surface area contributed by atoms with Crippen LogP contribution in [0.15, 0.2) is 0 Å². The molecule has 30 heavy (non-hydrogen) atoms. The van der Waals surface area contributed by atoms with E-state index >= 15 is 0 Å². The van der Waals surface area contributed by atoms with Crippen LogP contribution in [-0.4, -0.2) is 11.2 Å². The van der Waals surface area contributed by atoms with Crippen LogP contribution in [0.5, 0.6) is 0 Å². The third-order valence-corrected chi connectivity index (χ3v) is 10.0. The molecule has 4 saturated carbocycles. The molecule has 0 spiro atoms. The fourth-order valence-corrected chi connectivity index (χ4v) is 9.13. The van der Waals surface area contributed by atoms with Crippen LogP contribution >= 0.6 is 0 Å². The SMILES string of the molecule is C.CC.CC.CC1CCC2C3CCC4(C)C(C(C)O)CCC(C)C4C3CCC2(C)C1. The van der Waals surface area contributed by atoms with Gasteiger partial charge >= 0.3 is 0 Å². The van der Waals surface area contributed by atoms with E-state index in [0.717, 1.165) is 35.5 Å². The van der Waals surface area contributed by atoms with E-state index in [1.807, 2.05) is 27.7 Å². The minimum atomic E-state index is -0.124. The van der Waals surface area contributed by atoms with Gasteiger partial charge in [-0.2, -0.15) is 0 Å². The maximum Gasteiger partial charge on any atom is 0.0545 e. The number of fused-ring (bicyclic) bond motifs is 5. The molecule has 0 saturated heterocycles. The maximum atomic E-state index is 10.5. The molecule has 10 atom stereocenters. The predicted molar refractivity (Wildman–Crippen MR) is 135 cm³/mol. The summed E-state index contributed by atoms with van der Waals surface area (Å²) in [4.78, 5) is 0. The summed E-state index contributed by atoms with van der Waals surface area (Å²) in [7, 11) is 0. The minimum Gasteiger partial charge on any atom is -0.393 e. The van der Waals surface area contributed by atoms with E-state index in [-0.39, 0.29) is 13.5 Å². The molecule has 0 aromatic heterocycles. The van der Waals surface area contributed by atoms with Gasteiger partial charge in [0, 0.05) is 0 Å². The van der Waals surface area contributed by atoms with Gasteiger partial charge in [-0.25, -0.2) is 0 Å². The van der Waals surface area contributed by atoms with Crippen molar-refractivity contribution in [3.8, 4) is 0 Å². The van der Waals surface area contributed by atoms with Crippen molar-refractivity contribution in [2.75, 3.05) is 0 Å². The molecule has 4 fully saturated rings. The second-order valence-corrected chi connectivity index (χ2v) is 11.5. The molecule has 1 nitrogen and oxygen atoms in total. The van der Waals surface area contributed by atoms with Crippen LogP contribution in [0.4, 0.5) is 0 Å². The lowest BCUT2D eigenvalue weighted by molar-refractivity contribution is -0.164. The summed E-state index contributed by atoms with van der Waals surface area (Å²) < 4.78 is 0. The Kier molecular flexibility index (Phi) is 10.5. The molecular weight excluding hydrogens is 364 g/mol. The number of hydrogen-bond acceptors (Lipinski definition) is 1. The standard InChI is InChI=1S/C24H42O.2C2H6.CH4/c1-15-6-8-21-18-11-13-24(5)20(17(3)25)9-7-16(2)22(24)19(18)10-12-23(21,4)14-15;2*1-2;/h15-22,25H,6-14H2,1-5H3;2*1-2H3;1H4. The third-order valence-electron chi connectivity index (χ3n) is 10.0. The largest absolute Gasteiger partial charge is 0.393 e. The first-order valence-corrected chi connectivity index (χ1v) is 13.4. The van der Waals surface area contributed by atoms with E-state index in [9.17, 15) is 5.11 Å². The number of hydrogen-bond donors (Lipinski definition) is 1. The topological polar surface area (TPSA) is 20.2 Å². The van der Waals surface area contributed by atoms with E-state index in [0.29, 0.717) is 16.7 Å². The van der Waals surface area contributed by atoms with E-state index in [1.54, 1.807) is 0 Å². The highest BCUT2D eigenvalue weighted by molar-refractivity contribution is 5.08. The quantitative estimate of drug-likeness (QED) is 0.447. The molecule has 0 aliphatic heterocycles. The van der Waals surface area contributed by atoms with Crippen molar-refractivity contribution in [1.29, 1.82) is 0 Å². The Labute approximate surface area is 191 Å². The molecule has 10 unspecified atom stereocenters. The van der Waals surface area contributed by atoms with Crippen molar-refractivity contribution < 1.29 is 5.11 Å². The van der Waals surface area contributed by atoms with Gasteiger partial charge in [0.15, 0.2) is 0 Å². The molecule has 180 valence electrons. The molecule has 0 aromatic carbocycles. The Morgan fingerprint density at radius 3 is 2.00 bits per heavy atom. The van der Waals surface area contributed by atoms with Crippen molar-refractivity contribution in [3.05, 3.63) is 0 Å². The fraction of sp³-hybridized carbons (Fsp3) is 1.00. The molecule has 1 heteroatoms. The second kappa shape index (κ2) is 11.2. The Balaban J connectivity index is 0.000000851. The first-order valence-electron chi connectivity index (χ1n) is 13.4. The van der Waals surface area contributed by atoms with Gasteiger partial charge in [-0.3, -0.25) is 0 Å². The van der Waals surface area contributed by atoms with Crippen molar-refractivity contribution >= 4 is 0 Å².